The fourth-order valence-electron chi connectivity index (χ4n) is 4.78. The molecule has 1 aliphatic rings. The summed E-state index contributed by atoms with van der Waals surface area (Å²) in [5.74, 6) is -0.965. The number of likely N-dealkylation sites (N-methyl/N-ethyl adjacent to an activating group) is 1. The fourth-order valence-corrected chi connectivity index (χ4v) is 5.08. The van der Waals surface area contributed by atoms with Gasteiger partial charge >= 0.3 is 0 Å². The second-order valence-electron chi connectivity index (χ2n) is 9.45. The number of likely N-dealkylation sites (tertiary alicyclic amines) is 1. The van der Waals surface area contributed by atoms with Gasteiger partial charge in [-0.3, -0.25) is 9.59 Å². The molecule has 3 aromatic carbocycles. The Morgan fingerprint density at radius 3 is 2.33 bits per heavy atom. The fraction of sp³-hybridized carbons (Fsp3) is 0.290. The Kier molecular flexibility index (Phi) is 9.33. The van der Waals surface area contributed by atoms with E-state index >= 15 is 0 Å². The molecule has 1 fully saturated rings. The Hall–Kier alpha value is -3.32. The van der Waals surface area contributed by atoms with Crippen LogP contribution in [0.25, 0.3) is 5.76 Å². The van der Waals surface area contributed by atoms with Crippen LogP contribution in [0.1, 0.15) is 42.1 Å². The van der Waals surface area contributed by atoms with Crippen molar-refractivity contribution in [3.8, 4) is 5.75 Å². The van der Waals surface area contributed by atoms with Gasteiger partial charge in [0.1, 0.15) is 18.1 Å². The summed E-state index contributed by atoms with van der Waals surface area (Å²) in [4.78, 5) is 30.3. The van der Waals surface area contributed by atoms with Gasteiger partial charge in [0, 0.05) is 18.7 Å². The van der Waals surface area contributed by atoms with E-state index in [4.69, 9.17) is 27.9 Å². The molecule has 1 saturated heterocycles. The zero-order chi connectivity index (χ0) is 28.1. The van der Waals surface area contributed by atoms with Crippen molar-refractivity contribution in [3.63, 3.8) is 0 Å². The number of aliphatic hydroxyl groups excluding tert-OH is 1. The number of halogens is 2. The van der Waals surface area contributed by atoms with Crippen LogP contribution >= 0.6 is 23.2 Å². The number of aliphatic hydroxyl groups is 1. The number of hydrogen-bond acceptors (Lipinski definition) is 5. The van der Waals surface area contributed by atoms with Crippen molar-refractivity contribution in [2.24, 2.45) is 0 Å². The first kappa shape index (κ1) is 28.7. The molecule has 204 valence electrons. The second kappa shape index (κ2) is 12.7. The van der Waals surface area contributed by atoms with Crippen LogP contribution in [0, 0.1) is 6.92 Å². The van der Waals surface area contributed by atoms with Gasteiger partial charge < -0.3 is 19.6 Å². The molecular weight excluding hydrogens is 535 g/mol. The number of ketones is 1. The van der Waals surface area contributed by atoms with Crippen molar-refractivity contribution in [3.05, 3.63) is 105 Å². The maximum Gasteiger partial charge on any atom is 0.295 e. The van der Waals surface area contributed by atoms with Crippen LogP contribution in [-0.4, -0.2) is 52.8 Å². The zero-order valence-electron chi connectivity index (χ0n) is 22.3. The normalized spacial score (nSPS) is 16.8. The molecule has 39 heavy (non-hydrogen) atoms. The monoisotopic (exact) mass is 566 g/mol. The van der Waals surface area contributed by atoms with E-state index in [0.29, 0.717) is 46.6 Å². The van der Waals surface area contributed by atoms with Gasteiger partial charge in [-0.05, 0) is 67.0 Å². The molecule has 0 bridgehead atoms. The number of aryl methyl sites for hydroxylation is 1. The molecule has 0 spiro atoms. The van der Waals surface area contributed by atoms with Crippen molar-refractivity contribution >= 4 is 40.7 Å². The summed E-state index contributed by atoms with van der Waals surface area (Å²) in [6.45, 7) is 8.90. The average molecular weight is 568 g/mol. The summed E-state index contributed by atoms with van der Waals surface area (Å²) in [7, 11) is 0. The molecule has 1 unspecified atom stereocenters. The van der Waals surface area contributed by atoms with E-state index in [1.54, 1.807) is 36.4 Å². The van der Waals surface area contributed by atoms with Gasteiger partial charge in [0.25, 0.3) is 11.7 Å². The number of nitrogens with zero attached hydrogens (tertiary/aromatic N) is 2. The van der Waals surface area contributed by atoms with Crippen LogP contribution in [0.5, 0.6) is 5.75 Å². The number of carbonyl (C=O) groups excluding carboxylic acids is 2. The summed E-state index contributed by atoms with van der Waals surface area (Å²) < 4.78 is 5.97. The van der Waals surface area contributed by atoms with Gasteiger partial charge in [-0.1, -0.05) is 73.4 Å². The first-order valence-corrected chi connectivity index (χ1v) is 13.7. The highest BCUT2D eigenvalue weighted by Crippen LogP contribution is 2.41. The Bertz CT molecular complexity index is 1390. The van der Waals surface area contributed by atoms with E-state index in [1.165, 1.54) is 4.90 Å². The van der Waals surface area contributed by atoms with Gasteiger partial charge in [0.2, 0.25) is 0 Å². The predicted molar refractivity (Wildman–Crippen MR) is 155 cm³/mol. The topological polar surface area (TPSA) is 70.1 Å². The Labute approximate surface area is 239 Å². The molecule has 0 saturated carbocycles. The van der Waals surface area contributed by atoms with E-state index in [9.17, 15) is 14.7 Å². The first-order chi connectivity index (χ1) is 18.7. The second-order valence-corrected chi connectivity index (χ2v) is 10.3. The van der Waals surface area contributed by atoms with E-state index in [0.717, 1.165) is 24.2 Å². The third kappa shape index (κ3) is 6.30. The van der Waals surface area contributed by atoms with E-state index in [-0.39, 0.29) is 11.3 Å². The van der Waals surface area contributed by atoms with Crippen LogP contribution in [-0.2, 0) is 16.2 Å². The van der Waals surface area contributed by atoms with Crippen molar-refractivity contribution in [1.29, 1.82) is 0 Å². The van der Waals surface area contributed by atoms with Gasteiger partial charge in [-0.15, -0.1) is 0 Å². The van der Waals surface area contributed by atoms with Crippen LogP contribution in [0.15, 0.2) is 72.3 Å². The average Bonchev–Trinajstić information content (AvgIpc) is 3.19. The number of Topliss-reactive ketones (excluding diaryl/α,β-unsaturated/α-hetero) is 1. The maximum absolute atomic E-state index is 13.4. The molecule has 3 aromatic rings. The number of hydrogen-bond donors (Lipinski definition) is 1. The largest absolute Gasteiger partial charge is 0.507 e. The number of amides is 1. The molecule has 0 aromatic heterocycles. The quantitative estimate of drug-likeness (QED) is 0.169. The van der Waals surface area contributed by atoms with E-state index in [1.807, 2.05) is 51.1 Å². The van der Waals surface area contributed by atoms with Crippen molar-refractivity contribution < 1.29 is 19.4 Å². The highest BCUT2D eigenvalue weighted by atomic mass is 35.5. The molecule has 1 atom stereocenters. The molecule has 1 amide bonds. The summed E-state index contributed by atoms with van der Waals surface area (Å²) in [5.41, 5.74) is 2.87. The van der Waals surface area contributed by atoms with E-state index in [2.05, 4.69) is 4.90 Å². The Morgan fingerprint density at radius 2 is 1.69 bits per heavy atom. The summed E-state index contributed by atoms with van der Waals surface area (Å²) in [6.07, 6.45) is 0. The van der Waals surface area contributed by atoms with Crippen LogP contribution in [0.3, 0.4) is 0 Å². The lowest BCUT2D eigenvalue weighted by atomic mass is 9.94. The van der Waals surface area contributed by atoms with Gasteiger partial charge in [0.15, 0.2) is 0 Å². The van der Waals surface area contributed by atoms with Gasteiger partial charge in [-0.2, -0.15) is 0 Å². The zero-order valence-corrected chi connectivity index (χ0v) is 23.8. The Balaban J connectivity index is 1.71. The molecule has 0 aliphatic carbocycles. The molecular formula is C31H32Cl2N2O4. The van der Waals surface area contributed by atoms with Crippen molar-refractivity contribution in [2.75, 3.05) is 26.2 Å². The molecule has 0 radical (unpaired) electrons. The van der Waals surface area contributed by atoms with Gasteiger partial charge in [-0.25, -0.2) is 0 Å². The number of carbonyl (C=O) groups is 2. The van der Waals surface area contributed by atoms with Gasteiger partial charge in [0.05, 0.1) is 21.7 Å². The SMILES string of the molecule is CCN(CC)CCN1C(=O)C(=O)C(=C(O)c2ccc(OCc3ccccc3)c(C)c2)C1c1ccc(Cl)c(Cl)c1. The standard InChI is InChI=1S/C31H32Cl2N2O4/c1-4-34(5-2)15-16-35-28(22-11-13-24(32)25(33)18-22)27(30(37)31(35)38)29(36)23-12-14-26(20(3)17-23)39-19-21-9-7-6-8-10-21/h6-14,17-18,28,36H,4-5,15-16,19H2,1-3H3. The van der Waals surface area contributed by atoms with Crippen LogP contribution in [0.2, 0.25) is 10.0 Å². The first-order valence-electron chi connectivity index (χ1n) is 13.0. The minimum absolute atomic E-state index is 0.0234. The summed E-state index contributed by atoms with van der Waals surface area (Å²) in [6, 6.07) is 19.2. The highest BCUT2D eigenvalue weighted by Gasteiger charge is 2.46. The number of ether oxygens (including phenoxy) is 1. The van der Waals surface area contributed by atoms with Crippen LogP contribution < -0.4 is 4.74 Å². The molecule has 6 nitrogen and oxygen atoms in total. The third-order valence-corrected chi connectivity index (χ3v) is 7.78. The highest BCUT2D eigenvalue weighted by molar-refractivity contribution is 6.46. The molecule has 1 aliphatic heterocycles. The third-order valence-electron chi connectivity index (χ3n) is 7.04. The van der Waals surface area contributed by atoms with E-state index < -0.39 is 17.7 Å². The van der Waals surface area contributed by atoms with Crippen molar-refractivity contribution in [2.45, 2.75) is 33.4 Å². The smallest absolute Gasteiger partial charge is 0.295 e. The van der Waals surface area contributed by atoms with Crippen molar-refractivity contribution in [1.82, 2.24) is 9.80 Å². The molecule has 8 heteroatoms. The minimum Gasteiger partial charge on any atom is -0.507 e. The lowest BCUT2D eigenvalue weighted by Crippen LogP contribution is -2.38. The Morgan fingerprint density at radius 1 is 0.974 bits per heavy atom. The minimum atomic E-state index is -0.801. The lowest BCUT2D eigenvalue weighted by Gasteiger charge is -2.28. The van der Waals surface area contributed by atoms with Crippen LogP contribution in [0.4, 0.5) is 0 Å². The molecule has 1 heterocycles. The predicted octanol–water partition coefficient (Wildman–Crippen LogP) is 6.64. The summed E-state index contributed by atoms with van der Waals surface area (Å²) in [5, 5.41) is 12.1. The lowest BCUT2D eigenvalue weighted by molar-refractivity contribution is -0.140. The molecule has 4 rings (SSSR count). The maximum atomic E-state index is 13.4. The number of rotatable bonds is 10. The number of benzene rings is 3. The molecule has 1 N–H and O–H groups in total. The summed E-state index contributed by atoms with van der Waals surface area (Å²) >= 11 is 12.5.